The van der Waals surface area contributed by atoms with Crippen LogP contribution in [0.5, 0.6) is 0 Å². The first-order chi connectivity index (χ1) is 5.75. The highest BCUT2D eigenvalue weighted by atomic mass is 79.9. The van der Waals surface area contributed by atoms with Crippen LogP contribution >= 0.6 is 15.9 Å². The molecule has 12 heavy (non-hydrogen) atoms. The van der Waals surface area contributed by atoms with Crippen LogP contribution in [0.4, 0.5) is 0 Å². The number of carbonyl (C=O) groups excluding carboxylic acids is 1. The van der Waals surface area contributed by atoms with Crippen LogP contribution in [-0.4, -0.2) is 6.29 Å². The zero-order chi connectivity index (χ0) is 8.97. The molecule has 0 spiro atoms. The Labute approximate surface area is 79.9 Å². The maximum Gasteiger partial charge on any atom is 0.193 e. The summed E-state index contributed by atoms with van der Waals surface area (Å²) in [6.07, 6.45) is 0.598. The summed E-state index contributed by atoms with van der Waals surface area (Å²) >= 11 is 3.38. The second kappa shape index (κ2) is 4.08. The van der Waals surface area contributed by atoms with E-state index in [4.69, 9.17) is 0 Å². The molecule has 0 fully saturated rings. The number of hydrogen-bond acceptors (Lipinski definition) is 1. The van der Waals surface area contributed by atoms with Crippen molar-refractivity contribution in [3.05, 3.63) is 33.8 Å². The highest BCUT2D eigenvalue weighted by Gasteiger charge is 1.96. The van der Waals surface area contributed by atoms with Crippen LogP contribution in [0.25, 0.3) is 0 Å². The standard InChI is InChI=1S/C10H7BrO/c1-8-9(5-3-7-12)4-2-6-10(8)11/h2,4,6-7H,1H3. The van der Waals surface area contributed by atoms with Gasteiger partial charge in [-0.2, -0.15) is 0 Å². The molecule has 0 aliphatic rings. The molecular weight excluding hydrogens is 216 g/mol. The lowest BCUT2D eigenvalue weighted by Gasteiger charge is -1.98. The van der Waals surface area contributed by atoms with E-state index in [-0.39, 0.29) is 0 Å². The molecular formula is C10H7BrO. The second-order valence-electron chi connectivity index (χ2n) is 2.30. The summed E-state index contributed by atoms with van der Waals surface area (Å²) in [6, 6.07) is 5.73. The van der Waals surface area contributed by atoms with Gasteiger partial charge in [0.2, 0.25) is 0 Å². The number of halogens is 1. The maximum absolute atomic E-state index is 9.99. The largest absolute Gasteiger partial charge is 0.289 e. The lowest BCUT2D eigenvalue weighted by Crippen LogP contribution is -1.82. The van der Waals surface area contributed by atoms with E-state index in [9.17, 15) is 4.79 Å². The highest BCUT2D eigenvalue weighted by Crippen LogP contribution is 2.18. The quantitative estimate of drug-likeness (QED) is 0.487. The number of benzene rings is 1. The minimum Gasteiger partial charge on any atom is -0.289 e. The predicted octanol–water partition coefficient (Wildman–Crippen LogP) is 2.31. The van der Waals surface area contributed by atoms with Gasteiger partial charge < -0.3 is 0 Å². The Balaban J connectivity index is 3.16. The molecule has 0 saturated heterocycles. The Kier molecular flexibility index (Phi) is 3.07. The Bertz CT molecular complexity index is 358. The van der Waals surface area contributed by atoms with E-state index in [1.807, 2.05) is 25.1 Å². The summed E-state index contributed by atoms with van der Waals surface area (Å²) < 4.78 is 1.01. The van der Waals surface area contributed by atoms with Gasteiger partial charge in [-0.15, -0.1) is 0 Å². The number of rotatable bonds is 0. The van der Waals surface area contributed by atoms with Gasteiger partial charge in [0.1, 0.15) is 0 Å². The molecule has 0 heterocycles. The van der Waals surface area contributed by atoms with Crippen molar-refractivity contribution in [3.63, 3.8) is 0 Å². The van der Waals surface area contributed by atoms with Crippen LogP contribution in [0.15, 0.2) is 22.7 Å². The van der Waals surface area contributed by atoms with E-state index < -0.39 is 0 Å². The molecule has 1 rings (SSSR count). The topological polar surface area (TPSA) is 17.1 Å². The zero-order valence-electron chi connectivity index (χ0n) is 6.60. The van der Waals surface area contributed by atoms with E-state index in [0.29, 0.717) is 6.29 Å². The van der Waals surface area contributed by atoms with Crippen molar-refractivity contribution in [2.45, 2.75) is 6.92 Å². The van der Waals surface area contributed by atoms with Crippen LogP contribution in [0, 0.1) is 18.8 Å². The molecule has 0 unspecified atom stereocenters. The van der Waals surface area contributed by atoms with Gasteiger partial charge in [-0.3, -0.25) is 4.79 Å². The molecule has 0 aliphatic heterocycles. The van der Waals surface area contributed by atoms with Crippen molar-refractivity contribution < 1.29 is 4.79 Å². The second-order valence-corrected chi connectivity index (χ2v) is 3.15. The van der Waals surface area contributed by atoms with Crippen molar-refractivity contribution in [2.75, 3.05) is 0 Å². The summed E-state index contributed by atoms with van der Waals surface area (Å²) in [5.41, 5.74) is 1.95. The van der Waals surface area contributed by atoms with E-state index in [1.54, 1.807) is 0 Å². The van der Waals surface area contributed by atoms with Crippen LogP contribution < -0.4 is 0 Å². The molecule has 0 aliphatic carbocycles. The molecule has 0 atom stereocenters. The SMILES string of the molecule is Cc1c(Br)cccc1C#CC=O. The molecule has 1 aromatic carbocycles. The summed E-state index contributed by atoms with van der Waals surface area (Å²) in [4.78, 5) is 9.99. The zero-order valence-corrected chi connectivity index (χ0v) is 8.18. The molecule has 0 saturated carbocycles. The lowest BCUT2D eigenvalue weighted by molar-refractivity contribution is -0.103. The number of aldehydes is 1. The third-order valence-electron chi connectivity index (χ3n) is 1.53. The molecule has 0 aromatic heterocycles. The van der Waals surface area contributed by atoms with Crippen LogP contribution in [0.2, 0.25) is 0 Å². The third kappa shape index (κ3) is 1.96. The smallest absolute Gasteiger partial charge is 0.193 e. The number of carbonyl (C=O) groups is 1. The molecule has 0 N–H and O–H groups in total. The van der Waals surface area contributed by atoms with Crippen LogP contribution in [0.1, 0.15) is 11.1 Å². The van der Waals surface area contributed by atoms with E-state index in [2.05, 4.69) is 27.8 Å². The molecule has 1 nitrogen and oxygen atoms in total. The summed E-state index contributed by atoms with van der Waals surface area (Å²) in [5, 5.41) is 0. The van der Waals surface area contributed by atoms with Gasteiger partial charge >= 0.3 is 0 Å². The Hall–Kier alpha value is -1.07. The Morgan fingerprint density at radius 1 is 1.50 bits per heavy atom. The number of hydrogen-bond donors (Lipinski definition) is 0. The normalized spacial score (nSPS) is 8.50. The lowest BCUT2D eigenvalue weighted by atomic mass is 10.1. The molecule has 1 aromatic rings. The molecule has 60 valence electrons. The van der Waals surface area contributed by atoms with E-state index >= 15 is 0 Å². The van der Waals surface area contributed by atoms with Crippen molar-refractivity contribution in [3.8, 4) is 11.8 Å². The summed E-state index contributed by atoms with van der Waals surface area (Å²) in [6.45, 7) is 1.96. The van der Waals surface area contributed by atoms with Gasteiger partial charge in [-0.05, 0) is 30.5 Å². The van der Waals surface area contributed by atoms with Gasteiger partial charge in [0, 0.05) is 10.0 Å². The monoisotopic (exact) mass is 222 g/mol. The van der Waals surface area contributed by atoms with Crippen molar-refractivity contribution in [2.24, 2.45) is 0 Å². The van der Waals surface area contributed by atoms with Gasteiger partial charge in [0.25, 0.3) is 0 Å². The van der Waals surface area contributed by atoms with E-state index in [1.165, 1.54) is 0 Å². The van der Waals surface area contributed by atoms with Gasteiger partial charge in [-0.1, -0.05) is 27.9 Å². The third-order valence-corrected chi connectivity index (χ3v) is 2.39. The van der Waals surface area contributed by atoms with Gasteiger partial charge in [-0.25, -0.2) is 0 Å². The maximum atomic E-state index is 9.99. The Morgan fingerprint density at radius 2 is 2.25 bits per heavy atom. The highest BCUT2D eigenvalue weighted by molar-refractivity contribution is 9.10. The first-order valence-corrected chi connectivity index (χ1v) is 4.25. The molecule has 0 radical (unpaired) electrons. The molecule has 2 heteroatoms. The molecule has 0 bridgehead atoms. The summed E-state index contributed by atoms with van der Waals surface area (Å²) in [5.74, 6) is 5.14. The Morgan fingerprint density at radius 3 is 2.92 bits per heavy atom. The van der Waals surface area contributed by atoms with E-state index in [0.717, 1.165) is 15.6 Å². The van der Waals surface area contributed by atoms with Gasteiger partial charge in [0.15, 0.2) is 6.29 Å². The molecule has 0 amide bonds. The fraction of sp³-hybridized carbons (Fsp3) is 0.100. The minimum atomic E-state index is 0.598. The van der Waals surface area contributed by atoms with Crippen molar-refractivity contribution in [1.82, 2.24) is 0 Å². The van der Waals surface area contributed by atoms with Crippen LogP contribution in [-0.2, 0) is 4.79 Å². The van der Waals surface area contributed by atoms with Crippen molar-refractivity contribution in [1.29, 1.82) is 0 Å². The first kappa shape index (κ1) is 9.02. The average Bonchev–Trinajstić information content (AvgIpc) is 2.08. The average molecular weight is 223 g/mol. The first-order valence-electron chi connectivity index (χ1n) is 3.46. The predicted molar refractivity (Wildman–Crippen MR) is 51.8 cm³/mol. The summed E-state index contributed by atoms with van der Waals surface area (Å²) in [7, 11) is 0. The van der Waals surface area contributed by atoms with Crippen molar-refractivity contribution >= 4 is 22.2 Å². The fourth-order valence-corrected chi connectivity index (χ4v) is 1.22. The fourth-order valence-electron chi connectivity index (χ4n) is 0.850. The minimum absolute atomic E-state index is 0.598. The van der Waals surface area contributed by atoms with Gasteiger partial charge in [0.05, 0.1) is 0 Å². The van der Waals surface area contributed by atoms with Crippen LogP contribution in [0.3, 0.4) is 0 Å².